The lowest BCUT2D eigenvalue weighted by molar-refractivity contribution is -0.133. The predicted molar refractivity (Wildman–Crippen MR) is 120 cm³/mol. The van der Waals surface area contributed by atoms with E-state index in [4.69, 9.17) is 4.74 Å². The van der Waals surface area contributed by atoms with Crippen molar-refractivity contribution >= 4 is 23.8 Å². The van der Waals surface area contributed by atoms with Crippen LogP contribution in [0.1, 0.15) is 40.9 Å². The maximum atomic E-state index is 13.2. The number of rotatable bonds is 7. The second-order valence-electron chi connectivity index (χ2n) is 7.78. The van der Waals surface area contributed by atoms with Gasteiger partial charge in [0.05, 0.1) is 24.6 Å². The van der Waals surface area contributed by atoms with E-state index in [2.05, 4.69) is 10.6 Å². The number of methoxy groups -OCH3 is 1. The Labute approximate surface area is 191 Å². The van der Waals surface area contributed by atoms with Gasteiger partial charge in [-0.25, -0.2) is 9.59 Å². The number of nitrogens with one attached hydrogen (secondary N) is 2. The summed E-state index contributed by atoms with van der Waals surface area (Å²) in [5.41, 5.74) is 1.50. The van der Waals surface area contributed by atoms with E-state index in [-0.39, 0.29) is 12.1 Å². The van der Waals surface area contributed by atoms with E-state index in [0.29, 0.717) is 24.2 Å². The molecule has 1 aliphatic rings. The van der Waals surface area contributed by atoms with Gasteiger partial charge < -0.3 is 20.5 Å². The summed E-state index contributed by atoms with van der Waals surface area (Å²) in [7, 11) is 1.54. The van der Waals surface area contributed by atoms with Crippen LogP contribution < -0.4 is 15.4 Å². The molecule has 0 aliphatic carbocycles. The lowest BCUT2D eigenvalue weighted by atomic mass is 9.97. The fourth-order valence-corrected chi connectivity index (χ4v) is 3.83. The molecule has 9 heteroatoms. The Kier molecular flexibility index (Phi) is 7.66. The van der Waals surface area contributed by atoms with Gasteiger partial charge in [0.2, 0.25) is 11.8 Å². The molecule has 9 nitrogen and oxygen atoms in total. The Balaban J connectivity index is 1.80. The number of ether oxygens (including phenoxy) is 1. The summed E-state index contributed by atoms with van der Waals surface area (Å²) < 4.78 is 5.36. The molecule has 1 heterocycles. The molecule has 33 heavy (non-hydrogen) atoms. The highest BCUT2D eigenvalue weighted by atomic mass is 16.5. The van der Waals surface area contributed by atoms with Crippen molar-refractivity contribution in [1.29, 1.82) is 0 Å². The van der Waals surface area contributed by atoms with Gasteiger partial charge in [0.1, 0.15) is 12.3 Å². The third-order valence-electron chi connectivity index (χ3n) is 5.61. The fraction of sp³-hybridized carbons (Fsp3) is 0.333. The molecule has 2 aromatic carbocycles. The minimum absolute atomic E-state index is 0.0994. The number of imide groups is 1. The highest BCUT2D eigenvalue weighted by Crippen LogP contribution is 2.23. The number of carbonyl (C=O) groups is 4. The van der Waals surface area contributed by atoms with Gasteiger partial charge in [-0.3, -0.25) is 14.5 Å². The van der Waals surface area contributed by atoms with E-state index in [1.54, 1.807) is 25.3 Å². The molecule has 0 radical (unpaired) electrons. The van der Waals surface area contributed by atoms with Crippen molar-refractivity contribution < 1.29 is 29.0 Å². The topological polar surface area (TPSA) is 125 Å². The molecule has 174 valence electrons. The zero-order valence-electron chi connectivity index (χ0n) is 18.5. The van der Waals surface area contributed by atoms with Crippen molar-refractivity contribution in [2.24, 2.45) is 5.92 Å². The molecule has 1 saturated heterocycles. The minimum Gasteiger partial charge on any atom is -0.496 e. The molecule has 2 atom stereocenters. The maximum absolute atomic E-state index is 13.2. The number of nitrogens with zero attached hydrogens (tertiary/aromatic N) is 1. The summed E-state index contributed by atoms with van der Waals surface area (Å²) in [5.74, 6) is -1.99. The molecule has 0 saturated carbocycles. The van der Waals surface area contributed by atoms with Gasteiger partial charge >= 0.3 is 12.0 Å². The van der Waals surface area contributed by atoms with Gasteiger partial charge in [0, 0.05) is 6.54 Å². The maximum Gasteiger partial charge on any atom is 0.335 e. The van der Waals surface area contributed by atoms with Crippen LogP contribution in [0.2, 0.25) is 0 Å². The molecule has 2 aromatic rings. The standard InChI is InChI=1S/C24H27N3O6/c1-3-19(15-8-6-9-17(11-15)23(30)31)26-24(32)27-14-21(28)25-13-18(22(27)29)12-16-7-4-5-10-20(16)33-2/h4-11,18-19H,3,12-14H2,1-2H3,(H,25,28)(H,26,32)(H,30,31)/t18-,19?/m1/s1. The molecule has 4 amide bonds. The normalized spacial score (nSPS) is 17.0. The first kappa shape index (κ1) is 23.8. The first-order valence-electron chi connectivity index (χ1n) is 10.7. The lowest BCUT2D eigenvalue weighted by Crippen LogP contribution is -2.48. The SMILES string of the molecule is CCC(NC(=O)N1CC(=O)NC[C@@H](Cc2ccccc2OC)C1=O)c1cccc(C(=O)O)c1. The Bertz CT molecular complexity index is 1050. The number of aromatic carboxylic acids is 1. The molecule has 3 N–H and O–H groups in total. The summed E-state index contributed by atoms with van der Waals surface area (Å²) >= 11 is 0. The minimum atomic E-state index is -1.07. The smallest absolute Gasteiger partial charge is 0.335 e. The van der Waals surface area contributed by atoms with Crippen molar-refractivity contribution in [2.45, 2.75) is 25.8 Å². The third-order valence-corrected chi connectivity index (χ3v) is 5.61. The van der Waals surface area contributed by atoms with Crippen molar-refractivity contribution in [3.8, 4) is 5.75 Å². The van der Waals surface area contributed by atoms with Crippen LogP contribution in [-0.4, -0.2) is 54.0 Å². The number of para-hydroxylation sites is 1. The Morgan fingerprint density at radius 2 is 1.97 bits per heavy atom. The Hall–Kier alpha value is -3.88. The van der Waals surface area contributed by atoms with Gasteiger partial charge in [-0.2, -0.15) is 0 Å². The molecule has 1 unspecified atom stereocenters. The number of carboxylic acids is 1. The van der Waals surface area contributed by atoms with E-state index >= 15 is 0 Å². The third kappa shape index (κ3) is 5.68. The first-order chi connectivity index (χ1) is 15.8. The summed E-state index contributed by atoms with van der Waals surface area (Å²) in [6.45, 7) is 1.55. The van der Waals surface area contributed by atoms with Gasteiger partial charge in [-0.05, 0) is 42.2 Å². The van der Waals surface area contributed by atoms with Crippen LogP contribution in [0.25, 0.3) is 0 Å². The predicted octanol–water partition coefficient (Wildman–Crippen LogP) is 2.37. The summed E-state index contributed by atoms with van der Waals surface area (Å²) in [5, 5.41) is 14.7. The number of urea groups is 1. The molecule has 1 fully saturated rings. The number of hydrogen-bond acceptors (Lipinski definition) is 5. The van der Waals surface area contributed by atoms with Crippen LogP contribution in [0.3, 0.4) is 0 Å². The van der Waals surface area contributed by atoms with Crippen LogP contribution in [0.5, 0.6) is 5.75 Å². The van der Waals surface area contributed by atoms with E-state index in [1.165, 1.54) is 12.1 Å². The average molecular weight is 453 g/mol. The molecule has 0 bridgehead atoms. The molecule has 0 aromatic heterocycles. The van der Waals surface area contributed by atoms with Crippen molar-refractivity contribution in [3.05, 3.63) is 65.2 Å². The van der Waals surface area contributed by atoms with Crippen molar-refractivity contribution in [2.75, 3.05) is 20.2 Å². The van der Waals surface area contributed by atoms with Crippen LogP contribution in [0, 0.1) is 5.92 Å². The highest BCUT2D eigenvalue weighted by molar-refractivity contribution is 6.00. The first-order valence-corrected chi connectivity index (χ1v) is 10.7. The second kappa shape index (κ2) is 10.6. The lowest BCUT2D eigenvalue weighted by Gasteiger charge is -2.25. The van der Waals surface area contributed by atoms with Gasteiger partial charge in [-0.1, -0.05) is 37.3 Å². The average Bonchev–Trinajstić information content (AvgIpc) is 2.96. The molecule has 0 spiro atoms. The number of carbonyl (C=O) groups excluding carboxylic acids is 3. The van der Waals surface area contributed by atoms with E-state index in [1.807, 2.05) is 25.1 Å². The molecular formula is C24H27N3O6. The summed E-state index contributed by atoms with van der Waals surface area (Å²) in [4.78, 5) is 50.7. The quantitative estimate of drug-likeness (QED) is 0.591. The van der Waals surface area contributed by atoms with Crippen LogP contribution >= 0.6 is 0 Å². The van der Waals surface area contributed by atoms with Gasteiger partial charge in [0.25, 0.3) is 0 Å². The van der Waals surface area contributed by atoms with Gasteiger partial charge in [-0.15, -0.1) is 0 Å². The Morgan fingerprint density at radius 1 is 1.21 bits per heavy atom. The molecular weight excluding hydrogens is 426 g/mol. The number of hydrogen-bond donors (Lipinski definition) is 3. The monoisotopic (exact) mass is 453 g/mol. The van der Waals surface area contributed by atoms with E-state index in [0.717, 1.165) is 10.5 Å². The van der Waals surface area contributed by atoms with Crippen molar-refractivity contribution in [1.82, 2.24) is 15.5 Å². The summed E-state index contributed by atoms with van der Waals surface area (Å²) in [6, 6.07) is 12.3. The van der Waals surface area contributed by atoms with Crippen LogP contribution in [0.4, 0.5) is 4.79 Å². The summed E-state index contributed by atoms with van der Waals surface area (Å²) in [6.07, 6.45) is 0.762. The zero-order valence-corrected chi connectivity index (χ0v) is 18.5. The van der Waals surface area contributed by atoms with E-state index < -0.39 is 42.3 Å². The fourth-order valence-electron chi connectivity index (χ4n) is 3.83. The van der Waals surface area contributed by atoms with E-state index in [9.17, 15) is 24.3 Å². The molecule has 1 aliphatic heterocycles. The molecule has 3 rings (SSSR count). The largest absolute Gasteiger partial charge is 0.496 e. The second-order valence-corrected chi connectivity index (χ2v) is 7.78. The van der Waals surface area contributed by atoms with Crippen molar-refractivity contribution in [3.63, 3.8) is 0 Å². The number of amides is 4. The van der Waals surface area contributed by atoms with Crippen LogP contribution in [0.15, 0.2) is 48.5 Å². The Morgan fingerprint density at radius 3 is 2.67 bits per heavy atom. The van der Waals surface area contributed by atoms with Gasteiger partial charge in [0.15, 0.2) is 0 Å². The zero-order chi connectivity index (χ0) is 24.0. The number of benzene rings is 2. The highest BCUT2D eigenvalue weighted by Gasteiger charge is 2.35. The van der Waals surface area contributed by atoms with Crippen LogP contribution in [-0.2, 0) is 16.0 Å². The number of carboxylic acid groups (broad SMARTS) is 1.